The van der Waals surface area contributed by atoms with Crippen LogP contribution in [0.1, 0.15) is 5.56 Å². The van der Waals surface area contributed by atoms with Gasteiger partial charge in [0.05, 0.1) is 5.70 Å². The van der Waals surface area contributed by atoms with E-state index < -0.39 is 12.0 Å². The van der Waals surface area contributed by atoms with Crippen molar-refractivity contribution >= 4 is 23.1 Å². The summed E-state index contributed by atoms with van der Waals surface area (Å²) in [6.07, 6.45) is -4.38. The van der Waals surface area contributed by atoms with E-state index in [-0.39, 0.29) is 5.70 Å². The van der Waals surface area contributed by atoms with E-state index in [1.165, 1.54) is 29.3 Å². The quantitative estimate of drug-likeness (QED) is 0.684. The maximum absolute atomic E-state index is 12.3. The molecule has 0 aliphatic carbocycles. The molecule has 0 saturated carbocycles. The highest BCUT2D eigenvalue weighted by atomic mass is 35.5. The minimum absolute atomic E-state index is 0.0454. The Morgan fingerprint density at radius 3 is 2.21 bits per heavy atom. The molecule has 104 valence electrons. The molecule has 1 aromatic rings. The lowest BCUT2D eigenvalue weighted by Crippen LogP contribution is -2.30. The third kappa shape index (κ3) is 4.92. The van der Waals surface area contributed by atoms with Crippen molar-refractivity contribution in [3.63, 3.8) is 0 Å². The summed E-state index contributed by atoms with van der Waals surface area (Å²) in [6.45, 7) is 0. The molecule has 0 amide bonds. The van der Waals surface area contributed by atoms with Crippen LogP contribution in [0, 0.1) is 0 Å². The first kappa shape index (κ1) is 15.5. The zero-order chi connectivity index (χ0) is 14.6. The largest absolute Gasteiger partial charge is 0.454 e. The van der Waals surface area contributed by atoms with Crippen LogP contribution >= 0.6 is 11.6 Å². The third-order valence-electron chi connectivity index (χ3n) is 2.05. The van der Waals surface area contributed by atoms with Crippen LogP contribution in [-0.4, -0.2) is 31.1 Å². The van der Waals surface area contributed by atoms with E-state index in [2.05, 4.69) is 5.43 Å². The molecule has 0 aliphatic heterocycles. The normalized spacial score (nSPS) is 12.7. The number of nitrogens with zero attached hydrogens (tertiary/aromatic N) is 1. The molecule has 0 radical (unpaired) electrons. The number of carbonyl (C=O) groups excluding carboxylic acids is 1. The Morgan fingerprint density at radius 1 is 1.26 bits per heavy atom. The zero-order valence-electron chi connectivity index (χ0n) is 10.3. The maximum atomic E-state index is 12.3. The average Bonchev–Trinajstić information content (AvgIpc) is 2.27. The van der Waals surface area contributed by atoms with Crippen LogP contribution in [0.25, 0.3) is 5.70 Å². The second kappa shape index (κ2) is 6.08. The third-order valence-corrected chi connectivity index (χ3v) is 2.31. The number of carbonyl (C=O) groups is 1. The number of hydrazine groups is 1. The first-order chi connectivity index (χ1) is 8.70. The fourth-order valence-electron chi connectivity index (χ4n) is 1.26. The van der Waals surface area contributed by atoms with Crippen molar-refractivity contribution in [3.05, 3.63) is 40.9 Å². The Morgan fingerprint density at radius 2 is 1.79 bits per heavy atom. The Labute approximate surface area is 113 Å². The number of ketones is 1. The number of alkyl halides is 3. The molecule has 3 nitrogen and oxygen atoms in total. The molecule has 0 aliphatic rings. The predicted octanol–water partition coefficient (Wildman–Crippen LogP) is 2.88. The summed E-state index contributed by atoms with van der Waals surface area (Å²) in [5.74, 6) is -1.92. The average molecular weight is 293 g/mol. The van der Waals surface area contributed by atoms with Crippen LogP contribution in [-0.2, 0) is 4.79 Å². The summed E-state index contributed by atoms with van der Waals surface area (Å²) in [6, 6.07) is 6.10. The molecule has 0 aromatic heterocycles. The summed E-state index contributed by atoms with van der Waals surface area (Å²) in [4.78, 5) is 11.0. The molecule has 0 unspecified atom stereocenters. The van der Waals surface area contributed by atoms with Crippen molar-refractivity contribution in [1.29, 1.82) is 0 Å². The summed E-state index contributed by atoms with van der Waals surface area (Å²) in [5.41, 5.74) is 3.12. The number of nitrogens with one attached hydrogen (secondary N) is 1. The van der Waals surface area contributed by atoms with Crippen molar-refractivity contribution < 1.29 is 18.0 Å². The van der Waals surface area contributed by atoms with Gasteiger partial charge in [-0.15, -0.1) is 0 Å². The van der Waals surface area contributed by atoms with Crippen LogP contribution in [0.2, 0.25) is 5.02 Å². The second-order valence-electron chi connectivity index (χ2n) is 3.93. The van der Waals surface area contributed by atoms with Gasteiger partial charge in [-0.1, -0.05) is 23.7 Å². The molecule has 0 fully saturated rings. The lowest BCUT2D eigenvalue weighted by Gasteiger charge is -2.17. The van der Waals surface area contributed by atoms with Crippen LogP contribution in [0.15, 0.2) is 30.3 Å². The van der Waals surface area contributed by atoms with Crippen molar-refractivity contribution in [2.45, 2.75) is 6.18 Å². The van der Waals surface area contributed by atoms with E-state index in [4.69, 9.17) is 11.6 Å². The molecular weight excluding hydrogens is 281 g/mol. The van der Waals surface area contributed by atoms with Crippen LogP contribution in [0.5, 0.6) is 0 Å². The van der Waals surface area contributed by atoms with E-state index in [0.717, 1.165) is 0 Å². The number of allylic oxidation sites excluding steroid dienone is 1. The summed E-state index contributed by atoms with van der Waals surface area (Å²) < 4.78 is 36.8. The molecule has 1 rings (SSSR count). The van der Waals surface area contributed by atoms with Crippen LogP contribution in [0.3, 0.4) is 0 Å². The Bertz CT molecular complexity index is 481. The van der Waals surface area contributed by atoms with E-state index in [1.54, 1.807) is 14.1 Å². The Balaban J connectivity index is 3.11. The van der Waals surface area contributed by atoms with Gasteiger partial charge in [0, 0.05) is 25.2 Å². The summed E-state index contributed by atoms with van der Waals surface area (Å²) >= 11 is 5.70. The minimum atomic E-state index is -4.90. The van der Waals surface area contributed by atoms with Crippen molar-refractivity contribution in [3.8, 4) is 0 Å². The van der Waals surface area contributed by atoms with E-state index in [9.17, 15) is 18.0 Å². The van der Waals surface area contributed by atoms with Crippen molar-refractivity contribution in [1.82, 2.24) is 10.4 Å². The van der Waals surface area contributed by atoms with Gasteiger partial charge in [0.25, 0.3) is 5.78 Å². The van der Waals surface area contributed by atoms with E-state index in [1.807, 2.05) is 0 Å². The fourth-order valence-corrected chi connectivity index (χ4v) is 1.39. The number of benzene rings is 1. The molecule has 0 spiro atoms. The van der Waals surface area contributed by atoms with Gasteiger partial charge in [-0.3, -0.25) is 4.79 Å². The highest BCUT2D eigenvalue weighted by molar-refractivity contribution is 6.30. The van der Waals surface area contributed by atoms with Crippen LogP contribution < -0.4 is 5.43 Å². The van der Waals surface area contributed by atoms with Gasteiger partial charge in [0.1, 0.15) is 0 Å². The number of hydrogen-bond acceptors (Lipinski definition) is 3. The molecular formula is C12H12ClF3N2O. The number of rotatable bonds is 4. The molecule has 0 heterocycles. The van der Waals surface area contributed by atoms with Crippen molar-refractivity contribution in [2.75, 3.05) is 14.1 Å². The van der Waals surface area contributed by atoms with E-state index in [0.29, 0.717) is 16.7 Å². The van der Waals surface area contributed by atoms with Gasteiger partial charge in [0.2, 0.25) is 0 Å². The smallest absolute Gasteiger partial charge is 0.319 e. The monoisotopic (exact) mass is 292 g/mol. The maximum Gasteiger partial charge on any atom is 0.454 e. The standard InChI is InChI=1S/C12H12ClF3N2O/c1-18(2)17-10(7-11(19)12(14,15)16)8-3-5-9(13)6-4-8/h3-7,17H,1-2H3/b10-7-. The highest BCUT2D eigenvalue weighted by Crippen LogP contribution is 2.21. The predicted molar refractivity (Wildman–Crippen MR) is 67.3 cm³/mol. The molecule has 19 heavy (non-hydrogen) atoms. The first-order valence-corrected chi connectivity index (χ1v) is 5.60. The summed E-state index contributed by atoms with van der Waals surface area (Å²) in [5, 5.41) is 1.89. The Hall–Kier alpha value is -1.53. The Kier molecular flexibility index (Phi) is 4.97. The number of halogens is 4. The van der Waals surface area contributed by atoms with Crippen LogP contribution in [0.4, 0.5) is 13.2 Å². The van der Waals surface area contributed by atoms with Gasteiger partial charge in [-0.25, -0.2) is 5.01 Å². The van der Waals surface area contributed by atoms with Gasteiger partial charge in [0.15, 0.2) is 0 Å². The van der Waals surface area contributed by atoms with Gasteiger partial charge in [-0.2, -0.15) is 13.2 Å². The molecule has 7 heteroatoms. The second-order valence-corrected chi connectivity index (χ2v) is 4.37. The first-order valence-electron chi connectivity index (χ1n) is 5.23. The molecule has 1 N–H and O–H groups in total. The van der Waals surface area contributed by atoms with Gasteiger partial charge >= 0.3 is 6.18 Å². The molecule has 0 bridgehead atoms. The van der Waals surface area contributed by atoms with Crippen molar-refractivity contribution in [2.24, 2.45) is 0 Å². The topological polar surface area (TPSA) is 32.3 Å². The minimum Gasteiger partial charge on any atom is -0.319 e. The fraction of sp³-hybridized carbons (Fsp3) is 0.250. The van der Waals surface area contributed by atoms with Gasteiger partial charge in [-0.05, 0) is 17.7 Å². The molecule has 1 aromatic carbocycles. The lowest BCUT2D eigenvalue weighted by atomic mass is 10.1. The SMILES string of the molecule is CN(C)N/C(=C\C(=O)C(F)(F)F)c1ccc(Cl)cc1. The number of hydrogen-bond donors (Lipinski definition) is 1. The lowest BCUT2D eigenvalue weighted by molar-refractivity contribution is -0.165. The van der Waals surface area contributed by atoms with E-state index >= 15 is 0 Å². The zero-order valence-corrected chi connectivity index (χ0v) is 11.0. The molecule has 0 saturated heterocycles. The molecule has 0 atom stereocenters. The summed E-state index contributed by atoms with van der Waals surface area (Å²) in [7, 11) is 3.20. The van der Waals surface area contributed by atoms with Gasteiger partial charge < -0.3 is 5.43 Å². The highest BCUT2D eigenvalue weighted by Gasteiger charge is 2.36.